The molecule has 0 aliphatic carbocycles. The van der Waals surface area contributed by atoms with E-state index in [0.717, 1.165) is 14.7 Å². The zero-order valence-corrected chi connectivity index (χ0v) is 12.6. The third kappa shape index (κ3) is 2.27. The lowest BCUT2D eigenvalue weighted by Gasteiger charge is -2.22. The highest BCUT2D eigenvalue weighted by Gasteiger charge is 2.47. The van der Waals surface area contributed by atoms with Gasteiger partial charge < -0.3 is 19.7 Å². The minimum atomic E-state index is -1.27. The van der Waals surface area contributed by atoms with Crippen molar-refractivity contribution in [2.24, 2.45) is 0 Å². The first-order chi connectivity index (χ1) is 11.6. The second-order valence-corrected chi connectivity index (χ2v) is 5.90. The summed E-state index contributed by atoms with van der Waals surface area (Å²) in [4.78, 5) is 25.1. The van der Waals surface area contributed by atoms with Crippen LogP contribution in [0.2, 0.25) is 0 Å². The maximum absolute atomic E-state index is 12.8. The van der Waals surface area contributed by atoms with Crippen LogP contribution >= 0.6 is 0 Å². The average molecular weight is 332 g/mol. The molecule has 0 amide bonds. The Hall–Kier alpha value is -2.42. The van der Waals surface area contributed by atoms with Crippen LogP contribution in [0.15, 0.2) is 46.0 Å². The summed E-state index contributed by atoms with van der Waals surface area (Å²) in [5.74, 6) is 0.0350. The van der Waals surface area contributed by atoms with Crippen LogP contribution in [0.3, 0.4) is 0 Å². The van der Waals surface area contributed by atoms with Crippen LogP contribution in [0.5, 0.6) is 5.88 Å². The molecule has 2 aromatic rings. The maximum Gasteiger partial charge on any atom is 0.336 e. The van der Waals surface area contributed by atoms with E-state index in [1.165, 1.54) is 6.07 Å². The highest BCUT2D eigenvalue weighted by molar-refractivity contribution is 5.18. The van der Waals surface area contributed by atoms with Gasteiger partial charge in [0, 0.05) is 0 Å². The van der Waals surface area contributed by atoms with Crippen LogP contribution in [0.1, 0.15) is 11.8 Å². The van der Waals surface area contributed by atoms with Crippen molar-refractivity contribution in [3.63, 3.8) is 0 Å². The highest BCUT2D eigenvalue weighted by atomic mass is 16.6. The Morgan fingerprint density at radius 1 is 1.12 bits per heavy atom. The average Bonchev–Trinajstić information content (AvgIpc) is 2.75. The van der Waals surface area contributed by atoms with E-state index in [4.69, 9.17) is 9.47 Å². The van der Waals surface area contributed by atoms with E-state index in [1.54, 1.807) is 12.1 Å². The molecule has 1 saturated heterocycles. The normalized spacial score (nSPS) is 28.1. The van der Waals surface area contributed by atoms with Crippen molar-refractivity contribution in [1.29, 1.82) is 0 Å². The van der Waals surface area contributed by atoms with E-state index < -0.39 is 35.8 Å². The molecular formula is C16H16N2O6. The second kappa shape index (κ2) is 5.59. The number of hydrogen-bond donors (Lipinski definition) is 2. The van der Waals surface area contributed by atoms with Gasteiger partial charge in [-0.15, -0.1) is 0 Å². The first kappa shape index (κ1) is 15.1. The van der Waals surface area contributed by atoms with Gasteiger partial charge in [-0.2, -0.15) is 0 Å². The molecule has 2 N–H and O–H groups in total. The summed E-state index contributed by atoms with van der Waals surface area (Å²) in [5.41, 5.74) is -0.361. The van der Waals surface area contributed by atoms with Gasteiger partial charge in [-0.05, 0) is 5.56 Å². The van der Waals surface area contributed by atoms with Crippen molar-refractivity contribution in [3.8, 4) is 5.88 Å². The summed E-state index contributed by atoms with van der Waals surface area (Å²) in [7, 11) is 0. The molecule has 1 fully saturated rings. The first-order valence-electron chi connectivity index (χ1n) is 7.61. The Kier molecular flexibility index (Phi) is 3.52. The monoisotopic (exact) mass is 332 g/mol. The van der Waals surface area contributed by atoms with Gasteiger partial charge in [0.2, 0.25) is 5.88 Å². The largest absolute Gasteiger partial charge is 0.476 e. The van der Waals surface area contributed by atoms with Gasteiger partial charge in [0.15, 0.2) is 6.23 Å². The molecule has 0 unspecified atom stereocenters. The fourth-order valence-electron chi connectivity index (χ4n) is 3.08. The fourth-order valence-corrected chi connectivity index (χ4v) is 3.08. The lowest BCUT2D eigenvalue weighted by molar-refractivity contribution is -0.0343. The van der Waals surface area contributed by atoms with E-state index in [1.807, 2.05) is 18.2 Å². The molecule has 1 aromatic heterocycles. The van der Waals surface area contributed by atoms with Crippen molar-refractivity contribution >= 4 is 0 Å². The van der Waals surface area contributed by atoms with Gasteiger partial charge in [-0.3, -0.25) is 9.36 Å². The van der Waals surface area contributed by atoms with E-state index in [0.29, 0.717) is 0 Å². The van der Waals surface area contributed by atoms with Gasteiger partial charge in [0.25, 0.3) is 5.56 Å². The predicted molar refractivity (Wildman–Crippen MR) is 81.9 cm³/mol. The topological polar surface area (TPSA) is 103 Å². The fraction of sp³-hybridized carbons (Fsp3) is 0.375. The lowest BCUT2D eigenvalue weighted by atomic mass is 10.1. The number of ether oxygens (including phenoxy) is 2. The summed E-state index contributed by atoms with van der Waals surface area (Å²) in [5, 5.41) is 20.1. The number of nitrogens with zero attached hydrogens (tertiary/aromatic N) is 2. The molecule has 24 heavy (non-hydrogen) atoms. The van der Waals surface area contributed by atoms with E-state index in [-0.39, 0.29) is 19.0 Å². The van der Waals surface area contributed by atoms with Crippen molar-refractivity contribution in [3.05, 3.63) is 62.8 Å². The van der Waals surface area contributed by atoms with Crippen LogP contribution < -0.4 is 16.0 Å². The minimum Gasteiger partial charge on any atom is -0.476 e. The van der Waals surface area contributed by atoms with Crippen LogP contribution in [0.4, 0.5) is 0 Å². The molecule has 2 aliphatic rings. The molecule has 2 bridgehead atoms. The standard InChI is InChI=1S/C16H16N2O6/c19-11-6-12-18(15-14(21)13(20)10(24-15)8-23-12)16(22)17(11)7-9-4-2-1-3-5-9/h1-6,10,13-15,20-21H,7-8H2/t10-,13-,14-,15-/m1/s1. The minimum absolute atomic E-state index is 0.0350. The van der Waals surface area contributed by atoms with Crippen LogP contribution in [0.25, 0.3) is 0 Å². The molecule has 3 heterocycles. The summed E-state index contributed by atoms with van der Waals surface area (Å²) in [6.45, 7) is 0.0455. The van der Waals surface area contributed by atoms with E-state index in [2.05, 4.69) is 0 Å². The van der Waals surface area contributed by atoms with Gasteiger partial charge in [0.05, 0.1) is 12.6 Å². The van der Waals surface area contributed by atoms with E-state index in [9.17, 15) is 19.8 Å². The molecule has 8 nitrogen and oxygen atoms in total. The van der Waals surface area contributed by atoms with Gasteiger partial charge in [0.1, 0.15) is 24.9 Å². The van der Waals surface area contributed by atoms with Crippen molar-refractivity contribution < 1.29 is 19.7 Å². The second-order valence-electron chi connectivity index (χ2n) is 5.90. The summed E-state index contributed by atoms with van der Waals surface area (Å²) in [6.07, 6.45) is -4.25. The Balaban J connectivity index is 1.83. The molecule has 0 spiro atoms. The van der Waals surface area contributed by atoms with Gasteiger partial charge in [-0.1, -0.05) is 30.3 Å². The molecular weight excluding hydrogens is 316 g/mol. The quantitative estimate of drug-likeness (QED) is 0.737. The van der Waals surface area contributed by atoms with Crippen molar-refractivity contribution in [1.82, 2.24) is 9.13 Å². The Morgan fingerprint density at radius 2 is 1.88 bits per heavy atom. The number of rotatable bonds is 2. The number of aliphatic hydroxyl groups is 2. The smallest absolute Gasteiger partial charge is 0.336 e. The molecule has 0 saturated carbocycles. The van der Waals surface area contributed by atoms with Crippen LogP contribution in [-0.2, 0) is 11.3 Å². The number of hydrogen-bond acceptors (Lipinski definition) is 6. The van der Waals surface area contributed by atoms with Gasteiger partial charge >= 0.3 is 5.69 Å². The zero-order valence-electron chi connectivity index (χ0n) is 12.6. The number of fused-ring (bicyclic) bond motifs is 4. The Morgan fingerprint density at radius 3 is 2.62 bits per heavy atom. The summed E-state index contributed by atoms with van der Waals surface area (Å²) < 4.78 is 13.1. The molecule has 1 aromatic carbocycles. The molecule has 2 aliphatic heterocycles. The summed E-state index contributed by atoms with van der Waals surface area (Å²) >= 11 is 0. The summed E-state index contributed by atoms with van der Waals surface area (Å²) in [6, 6.07) is 10.3. The SMILES string of the molecule is O=c1cc2n(c(=O)n1Cc1ccccc1)[C@@H]1O[C@H](CO2)[C@@H](O)[C@H]1O. The van der Waals surface area contributed by atoms with Crippen LogP contribution in [-0.4, -0.2) is 44.3 Å². The molecule has 8 heteroatoms. The Bertz CT molecular complexity index is 874. The molecule has 4 rings (SSSR count). The zero-order chi connectivity index (χ0) is 16.8. The van der Waals surface area contributed by atoms with Crippen molar-refractivity contribution in [2.75, 3.05) is 6.61 Å². The van der Waals surface area contributed by atoms with E-state index >= 15 is 0 Å². The number of benzene rings is 1. The van der Waals surface area contributed by atoms with Crippen LogP contribution in [0, 0.1) is 0 Å². The maximum atomic E-state index is 12.8. The number of aliphatic hydroxyl groups excluding tert-OH is 2. The molecule has 0 radical (unpaired) electrons. The predicted octanol–water partition coefficient (Wildman–Crippen LogP) is -0.930. The molecule has 4 atom stereocenters. The first-order valence-corrected chi connectivity index (χ1v) is 7.61. The molecule has 126 valence electrons. The van der Waals surface area contributed by atoms with Gasteiger partial charge in [-0.25, -0.2) is 9.36 Å². The van der Waals surface area contributed by atoms with Crippen molar-refractivity contribution in [2.45, 2.75) is 31.1 Å². The Labute approximate surface area is 136 Å². The highest BCUT2D eigenvalue weighted by Crippen LogP contribution is 2.33. The third-order valence-electron chi connectivity index (χ3n) is 4.36. The third-order valence-corrected chi connectivity index (χ3v) is 4.36. The lowest BCUT2D eigenvalue weighted by Crippen LogP contribution is -2.45. The number of aromatic nitrogens is 2.